The van der Waals surface area contributed by atoms with Crippen LogP contribution in [0.25, 0.3) is 0 Å². The largest absolute Gasteiger partial charge is 0.493 e. The number of hydrogen-bond acceptors (Lipinski definition) is 3. The summed E-state index contributed by atoms with van der Waals surface area (Å²) in [5.41, 5.74) is 0.371. The highest BCUT2D eigenvalue weighted by Gasteiger charge is 2.15. The second-order valence-corrected chi connectivity index (χ2v) is 3.72. The lowest BCUT2D eigenvalue weighted by Gasteiger charge is -2.12. The van der Waals surface area contributed by atoms with Gasteiger partial charge in [0.15, 0.2) is 11.5 Å². The molecule has 0 aliphatic rings. The standard InChI is InChI=1S/C13H14ClNO3/c1-4-6-15-13(16)9-7-10(14)12(18-5-2)11(8-9)17-3/h1,7-8H,5-6H2,2-3H3,(H,15,16). The second-order valence-electron chi connectivity index (χ2n) is 3.31. The molecule has 0 spiro atoms. The van der Waals surface area contributed by atoms with Gasteiger partial charge in [-0.3, -0.25) is 4.79 Å². The van der Waals surface area contributed by atoms with Crippen LogP contribution in [0.1, 0.15) is 17.3 Å². The molecule has 0 fully saturated rings. The maximum atomic E-state index is 11.7. The summed E-state index contributed by atoms with van der Waals surface area (Å²) in [6.45, 7) is 2.45. The molecule has 1 rings (SSSR count). The molecule has 0 saturated carbocycles. The second kappa shape index (κ2) is 6.77. The molecule has 0 radical (unpaired) electrons. The van der Waals surface area contributed by atoms with E-state index in [0.29, 0.717) is 28.7 Å². The molecular weight excluding hydrogens is 254 g/mol. The molecule has 0 aliphatic carbocycles. The Morgan fingerprint density at radius 1 is 1.56 bits per heavy atom. The molecule has 1 N–H and O–H groups in total. The van der Waals surface area contributed by atoms with Crippen molar-refractivity contribution in [1.82, 2.24) is 5.32 Å². The molecule has 0 aliphatic heterocycles. The Morgan fingerprint density at radius 3 is 2.83 bits per heavy atom. The number of hydrogen-bond donors (Lipinski definition) is 1. The topological polar surface area (TPSA) is 47.6 Å². The molecule has 4 nitrogen and oxygen atoms in total. The predicted molar refractivity (Wildman–Crippen MR) is 70.3 cm³/mol. The molecule has 0 atom stereocenters. The molecule has 0 saturated heterocycles. The highest BCUT2D eigenvalue weighted by molar-refractivity contribution is 6.32. The third-order valence-corrected chi connectivity index (χ3v) is 2.41. The SMILES string of the molecule is C#CCNC(=O)c1cc(Cl)c(OCC)c(OC)c1. The maximum absolute atomic E-state index is 11.7. The summed E-state index contributed by atoms with van der Waals surface area (Å²) in [6.07, 6.45) is 5.07. The lowest BCUT2D eigenvalue weighted by Crippen LogP contribution is -2.23. The molecule has 18 heavy (non-hydrogen) atoms. The van der Waals surface area contributed by atoms with E-state index in [4.69, 9.17) is 27.5 Å². The summed E-state index contributed by atoms with van der Waals surface area (Å²) in [6, 6.07) is 3.07. The maximum Gasteiger partial charge on any atom is 0.252 e. The number of terminal acetylenes is 1. The number of amides is 1. The zero-order valence-electron chi connectivity index (χ0n) is 10.2. The van der Waals surface area contributed by atoms with E-state index in [-0.39, 0.29) is 12.5 Å². The minimum absolute atomic E-state index is 0.159. The number of methoxy groups -OCH3 is 1. The molecule has 5 heteroatoms. The molecule has 96 valence electrons. The first-order valence-corrected chi connectivity index (χ1v) is 5.73. The van der Waals surface area contributed by atoms with Gasteiger partial charge in [-0.1, -0.05) is 17.5 Å². The van der Waals surface area contributed by atoms with E-state index in [1.807, 2.05) is 6.92 Å². The number of carbonyl (C=O) groups excluding carboxylic acids is 1. The first-order chi connectivity index (χ1) is 8.63. The summed E-state index contributed by atoms with van der Waals surface area (Å²) in [7, 11) is 1.48. The smallest absolute Gasteiger partial charge is 0.252 e. The first-order valence-electron chi connectivity index (χ1n) is 5.36. The highest BCUT2D eigenvalue weighted by Crippen LogP contribution is 2.36. The van der Waals surface area contributed by atoms with Crippen LogP contribution in [0.3, 0.4) is 0 Å². The van der Waals surface area contributed by atoms with Crippen molar-refractivity contribution >= 4 is 17.5 Å². The van der Waals surface area contributed by atoms with Crippen LogP contribution in [-0.4, -0.2) is 26.2 Å². The molecule has 0 aromatic heterocycles. The fraction of sp³-hybridized carbons (Fsp3) is 0.308. The van der Waals surface area contributed by atoms with Crippen molar-refractivity contribution in [3.8, 4) is 23.8 Å². The van der Waals surface area contributed by atoms with Crippen LogP contribution in [0.15, 0.2) is 12.1 Å². The van der Waals surface area contributed by atoms with Crippen LogP contribution < -0.4 is 14.8 Å². The molecule has 1 amide bonds. The van der Waals surface area contributed by atoms with Crippen molar-refractivity contribution in [3.63, 3.8) is 0 Å². The normalized spacial score (nSPS) is 9.44. The highest BCUT2D eigenvalue weighted by atomic mass is 35.5. The van der Waals surface area contributed by atoms with Gasteiger partial charge in [0.2, 0.25) is 0 Å². The van der Waals surface area contributed by atoms with E-state index in [9.17, 15) is 4.79 Å². The fourth-order valence-corrected chi connectivity index (χ4v) is 1.63. The van der Waals surface area contributed by atoms with Gasteiger partial charge in [0.05, 0.1) is 25.3 Å². The Hall–Kier alpha value is -1.86. The Morgan fingerprint density at radius 2 is 2.28 bits per heavy atom. The van der Waals surface area contributed by atoms with Crippen LogP contribution in [0.5, 0.6) is 11.5 Å². The predicted octanol–water partition coefficient (Wildman–Crippen LogP) is 2.11. The minimum atomic E-state index is -0.309. The van der Waals surface area contributed by atoms with Gasteiger partial charge in [0.1, 0.15) is 0 Å². The van der Waals surface area contributed by atoms with Crippen molar-refractivity contribution in [2.75, 3.05) is 20.3 Å². The summed E-state index contributed by atoms with van der Waals surface area (Å²) < 4.78 is 10.5. The number of ether oxygens (including phenoxy) is 2. The average Bonchev–Trinajstić information content (AvgIpc) is 2.38. The lowest BCUT2D eigenvalue weighted by atomic mass is 10.2. The van der Waals surface area contributed by atoms with Crippen LogP contribution in [0.4, 0.5) is 0 Å². The number of carbonyl (C=O) groups is 1. The average molecular weight is 268 g/mol. The quantitative estimate of drug-likeness (QED) is 0.831. The Labute approximate surface area is 111 Å². The van der Waals surface area contributed by atoms with Crippen molar-refractivity contribution in [2.45, 2.75) is 6.92 Å². The van der Waals surface area contributed by atoms with Gasteiger partial charge in [-0.25, -0.2) is 0 Å². The van der Waals surface area contributed by atoms with Crippen molar-refractivity contribution in [2.24, 2.45) is 0 Å². The van der Waals surface area contributed by atoms with Gasteiger partial charge in [-0.05, 0) is 19.1 Å². The van der Waals surface area contributed by atoms with Crippen LogP contribution in [0, 0.1) is 12.3 Å². The summed E-state index contributed by atoms with van der Waals surface area (Å²) in [5, 5.41) is 2.87. The van der Waals surface area contributed by atoms with Gasteiger partial charge in [0.25, 0.3) is 5.91 Å². The van der Waals surface area contributed by atoms with Gasteiger partial charge in [-0.2, -0.15) is 0 Å². The third kappa shape index (κ3) is 3.31. The molecule has 1 aromatic rings. The summed E-state index contributed by atoms with van der Waals surface area (Å²) in [4.78, 5) is 11.7. The first kappa shape index (κ1) is 14.2. The van der Waals surface area contributed by atoms with Gasteiger partial charge in [0, 0.05) is 5.56 Å². The molecule has 0 heterocycles. The van der Waals surface area contributed by atoms with E-state index in [2.05, 4.69) is 11.2 Å². The van der Waals surface area contributed by atoms with E-state index in [1.54, 1.807) is 6.07 Å². The van der Waals surface area contributed by atoms with Gasteiger partial charge >= 0.3 is 0 Å². The zero-order valence-corrected chi connectivity index (χ0v) is 11.0. The van der Waals surface area contributed by atoms with Crippen molar-refractivity contribution in [3.05, 3.63) is 22.7 Å². The Bertz CT molecular complexity index is 480. The van der Waals surface area contributed by atoms with E-state index in [0.717, 1.165) is 0 Å². The number of rotatable bonds is 5. The Balaban J connectivity index is 3.06. The van der Waals surface area contributed by atoms with E-state index in [1.165, 1.54) is 13.2 Å². The van der Waals surface area contributed by atoms with Crippen molar-refractivity contribution < 1.29 is 14.3 Å². The van der Waals surface area contributed by atoms with Gasteiger partial charge in [-0.15, -0.1) is 6.42 Å². The summed E-state index contributed by atoms with van der Waals surface area (Å²) in [5.74, 6) is 2.85. The van der Waals surface area contributed by atoms with E-state index >= 15 is 0 Å². The van der Waals surface area contributed by atoms with Crippen LogP contribution in [-0.2, 0) is 0 Å². The number of halogens is 1. The molecule has 0 unspecified atom stereocenters. The molecule has 0 bridgehead atoms. The fourth-order valence-electron chi connectivity index (χ4n) is 1.37. The Kier molecular flexibility index (Phi) is 5.34. The monoisotopic (exact) mass is 267 g/mol. The van der Waals surface area contributed by atoms with Crippen molar-refractivity contribution in [1.29, 1.82) is 0 Å². The summed E-state index contributed by atoms with van der Waals surface area (Å²) >= 11 is 6.04. The van der Waals surface area contributed by atoms with E-state index < -0.39 is 0 Å². The molecular formula is C13H14ClNO3. The van der Waals surface area contributed by atoms with Gasteiger partial charge < -0.3 is 14.8 Å². The zero-order chi connectivity index (χ0) is 13.5. The minimum Gasteiger partial charge on any atom is -0.493 e. The lowest BCUT2D eigenvalue weighted by molar-refractivity contribution is 0.0958. The number of nitrogens with one attached hydrogen (secondary N) is 1. The van der Waals surface area contributed by atoms with Crippen LogP contribution in [0.2, 0.25) is 5.02 Å². The third-order valence-electron chi connectivity index (χ3n) is 2.13. The number of benzene rings is 1. The molecule has 1 aromatic carbocycles. The van der Waals surface area contributed by atoms with Crippen LogP contribution >= 0.6 is 11.6 Å².